The summed E-state index contributed by atoms with van der Waals surface area (Å²) in [5.74, 6) is -1.43. The number of hydrogen-bond donors (Lipinski definition) is 3. The Kier molecular flexibility index (Phi) is 6.30. The van der Waals surface area contributed by atoms with Crippen molar-refractivity contribution < 1.29 is 14.7 Å². The summed E-state index contributed by atoms with van der Waals surface area (Å²) >= 11 is 9.25. The lowest BCUT2D eigenvalue weighted by atomic mass is 10.2. The number of benzene rings is 2. The molecular formula is C15H10I2N2O3S. The van der Waals surface area contributed by atoms with Gasteiger partial charge in [-0.05, 0) is 99.9 Å². The molecule has 0 bridgehead atoms. The molecule has 0 saturated heterocycles. The Morgan fingerprint density at radius 2 is 1.61 bits per heavy atom. The second-order valence-corrected chi connectivity index (χ2v) is 7.31. The zero-order chi connectivity index (χ0) is 17.0. The number of carbonyl (C=O) groups is 2. The first-order valence-electron chi connectivity index (χ1n) is 6.27. The van der Waals surface area contributed by atoms with Crippen LogP contribution in [0.4, 0.5) is 5.69 Å². The molecule has 0 aliphatic heterocycles. The number of carbonyl (C=O) groups excluding carboxylic acids is 1. The first kappa shape index (κ1) is 18.1. The highest BCUT2D eigenvalue weighted by Crippen LogP contribution is 2.19. The van der Waals surface area contributed by atoms with Gasteiger partial charge in [0.05, 0.1) is 11.3 Å². The minimum Gasteiger partial charge on any atom is -0.478 e. The Labute approximate surface area is 165 Å². The van der Waals surface area contributed by atoms with E-state index in [-0.39, 0.29) is 16.6 Å². The Hall–Kier alpha value is -1.27. The molecule has 23 heavy (non-hydrogen) atoms. The maximum Gasteiger partial charge on any atom is 0.337 e. The molecule has 0 heterocycles. The maximum atomic E-state index is 12.1. The van der Waals surface area contributed by atoms with Crippen molar-refractivity contribution >= 4 is 80.1 Å². The fraction of sp³-hybridized carbons (Fsp3) is 0. The summed E-state index contributed by atoms with van der Waals surface area (Å²) in [6.45, 7) is 0. The van der Waals surface area contributed by atoms with Gasteiger partial charge in [0, 0.05) is 12.7 Å². The van der Waals surface area contributed by atoms with Crippen LogP contribution in [0.5, 0.6) is 0 Å². The van der Waals surface area contributed by atoms with E-state index in [1.54, 1.807) is 24.3 Å². The molecule has 0 saturated carbocycles. The zero-order valence-corrected chi connectivity index (χ0v) is 16.6. The quantitative estimate of drug-likeness (QED) is 0.400. The number of carboxylic acid groups (broad SMARTS) is 1. The first-order chi connectivity index (χ1) is 10.9. The van der Waals surface area contributed by atoms with Crippen LogP contribution in [-0.2, 0) is 0 Å². The zero-order valence-electron chi connectivity index (χ0n) is 11.5. The fourth-order valence-corrected chi connectivity index (χ4v) is 2.79. The summed E-state index contributed by atoms with van der Waals surface area (Å²) in [5, 5.41) is 14.5. The number of aromatic carboxylic acids is 1. The van der Waals surface area contributed by atoms with E-state index >= 15 is 0 Å². The molecule has 2 aromatic rings. The van der Waals surface area contributed by atoms with E-state index in [9.17, 15) is 14.7 Å². The van der Waals surface area contributed by atoms with Crippen LogP contribution in [0, 0.1) is 7.14 Å². The van der Waals surface area contributed by atoms with Gasteiger partial charge in [-0.2, -0.15) is 0 Å². The molecule has 1 amide bonds. The predicted molar refractivity (Wildman–Crippen MR) is 109 cm³/mol. The highest BCUT2D eigenvalue weighted by Gasteiger charge is 2.13. The van der Waals surface area contributed by atoms with Crippen molar-refractivity contribution in [3.05, 3.63) is 60.7 Å². The van der Waals surface area contributed by atoms with Crippen molar-refractivity contribution in [2.24, 2.45) is 0 Å². The smallest absolute Gasteiger partial charge is 0.337 e. The highest BCUT2D eigenvalue weighted by atomic mass is 127. The lowest BCUT2D eigenvalue weighted by Crippen LogP contribution is -2.34. The normalized spacial score (nSPS) is 10.0. The average Bonchev–Trinajstić information content (AvgIpc) is 2.49. The molecule has 5 nitrogen and oxygen atoms in total. The maximum absolute atomic E-state index is 12.1. The molecule has 0 aliphatic carbocycles. The van der Waals surface area contributed by atoms with E-state index < -0.39 is 5.97 Å². The lowest BCUT2D eigenvalue weighted by molar-refractivity contribution is 0.0697. The number of halogens is 2. The predicted octanol–water partition coefficient (Wildman–Crippen LogP) is 3.72. The van der Waals surface area contributed by atoms with E-state index in [1.165, 1.54) is 6.07 Å². The molecule has 8 heteroatoms. The molecular weight excluding hydrogens is 542 g/mol. The summed E-state index contributed by atoms with van der Waals surface area (Å²) in [5.41, 5.74) is 0.879. The minimum atomic E-state index is -1.07. The van der Waals surface area contributed by atoms with Crippen LogP contribution in [0.3, 0.4) is 0 Å². The molecule has 0 spiro atoms. The van der Waals surface area contributed by atoms with Crippen LogP contribution in [0.25, 0.3) is 0 Å². The van der Waals surface area contributed by atoms with Crippen LogP contribution in [0.1, 0.15) is 20.7 Å². The molecule has 2 rings (SSSR count). The van der Waals surface area contributed by atoms with Gasteiger partial charge in [-0.1, -0.05) is 0 Å². The van der Waals surface area contributed by atoms with Crippen LogP contribution in [0.15, 0.2) is 42.5 Å². The summed E-state index contributed by atoms with van der Waals surface area (Å²) < 4.78 is 1.81. The highest BCUT2D eigenvalue weighted by molar-refractivity contribution is 14.1. The lowest BCUT2D eigenvalue weighted by Gasteiger charge is -2.12. The van der Waals surface area contributed by atoms with Crippen molar-refractivity contribution in [3.8, 4) is 0 Å². The van der Waals surface area contributed by atoms with Crippen molar-refractivity contribution in [2.75, 3.05) is 5.32 Å². The third kappa shape index (κ3) is 5.11. The van der Waals surface area contributed by atoms with Gasteiger partial charge in [-0.15, -0.1) is 0 Å². The molecule has 0 aromatic heterocycles. The number of nitrogens with one attached hydrogen (secondary N) is 2. The number of carboxylic acids is 1. The number of anilines is 1. The van der Waals surface area contributed by atoms with Gasteiger partial charge in [0.15, 0.2) is 5.11 Å². The van der Waals surface area contributed by atoms with Gasteiger partial charge in [0.1, 0.15) is 0 Å². The van der Waals surface area contributed by atoms with Gasteiger partial charge in [0.25, 0.3) is 5.91 Å². The standard InChI is InChI=1S/C15H10I2N2O3S/c16-9-3-1-8(2-4-9)13(20)19-15(23)18-12-6-5-10(17)7-11(12)14(21)22/h1-7H,(H,21,22)(H2,18,19,20,23). The van der Waals surface area contributed by atoms with E-state index in [0.717, 1.165) is 7.14 Å². The van der Waals surface area contributed by atoms with E-state index in [1.807, 2.05) is 34.7 Å². The second kappa shape index (κ2) is 8.02. The number of hydrogen-bond acceptors (Lipinski definition) is 3. The van der Waals surface area contributed by atoms with Crippen molar-refractivity contribution in [2.45, 2.75) is 0 Å². The van der Waals surface area contributed by atoms with Crippen LogP contribution in [-0.4, -0.2) is 22.1 Å². The van der Waals surface area contributed by atoms with Crippen molar-refractivity contribution in [3.63, 3.8) is 0 Å². The van der Waals surface area contributed by atoms with Crippen LogP contribution in [0.2, 0.25) is 0 Å². The van der Waals surface area contributed by atoms with Gasteiger partial charge in [-0.3, -0.25) is 10.1 Å². The molecule has 0 radical (unpaired) electrons. The Balaban J connectivity index is 2.09. The summed E-state index contributed by atoms with van der Waals surface area (Å²) in [6.07, 6.45) is 0. The number of amides is 1. The second-order valence-electron chi connectivity index (χ2n) is 4.41. The van der Waals surface area contributed by atoms with Gasteiger partial charge < -0.3 is 10.4 Å². The molecule has 3 N–H and O–H groups in total. The van der Waals surface area contributed by atoms with Gasteiger partial charge in [-0.25, -0.2) is 4.79 Å². The van der Waals surface area contributed by atoms with E-state index in [2.05, 4.69) is 33.2 Å². The largest absolute Gasteiger partial charge is 0.478 e. The summed E-state index contributed by atoms with van der Waals surface area (Å²) in [7, 11) is 0. The van der Waals surface area contributed by atoms with Gasteiger partial charge >= 0.3 is 5.97 Å². The number of rotatable bonds is 3. The summed E-state index contributed by atoms with van der Waals surface area (Å²) in [4.78, 5) is 23.3. The molecule has 0 aliphatic rings. The minimum absolute atomic E-state index is 0.0391. The molecule has 0 fully saturated rings. The van der Waals surface area contributed by atoms with Crippen LogP contribution < -0.4 is 10.6 Å². The van der Waals surface area contributed by atoms with E-state index in [4.69, 9.17) is 12.2 Å². The third-order valence-corrected chi connectivity index (χ3v) is 4.39. The van der Waals surface area contributed by atoms with E-state index in [0.29, 0.717) is 11.3 Å². The monoisotopic (exact) mass is 552 g/mol. The molecule has 2 aromatic carbocycles. The Morgan fingerprint density at radius 1 is 1.00 bits per heavy atom. The van der Waals surface area contributed by atoms with Gasteiger partial charge in [0.2, 0.25) is 0 Å². The molecule has 118 valence electrons. The molecule has 0 atom stereocenters. The summed E-state index contributed by atoms with van der Waals surface area (Å²) in [6, 6.07) is 11.9. The Morgan fingerprint density at radius 3 is 2.22 bits per heavy atom. The Bertz CT molecular complexity index is 779. The number of thiocarbonyl (C=S) groups is 1. The van der Waals surface area contributed by atoms with Crippen molar-refractivity contribution in [1.82, 2.24) is 5.32 Å². The SMILES string of the molecule is O=C(NC(=S)Nc1ccc(I)cc1C(=O)O)c1ccc(I)cc1. The fourth-order valence-electron chi connectivity index (χ4n) is 1.73. The third-order valence-electron chi connectivity index (χ3n) is 2.79. The topological polar surface area (TPSA) is 78.4 Å². The van der Waals surface area contributed by atoms with Crippen molar-refractivity contribution in [1.29, 1.82) is 0 Å². The van der Waals surface area contributed by atoms with Crippen LogP contribution >= 0.6 is 57.4 Å². The first-order valence-corrected chi connectivity index (χ1v) is 8.84. The molecule has 0 unspecified atom stereocenters. The average molecular weight is 552 g/mol.